The lowest BCUT2D eigenvalue weighted by atomic mass is 9.96. The molecule has 37 heavy (non-hydrogen) atoms. The van der Waals surface area contributed by atoms with Crippen LogP contribution in [0.4, 0.5) is 9.93 Å². The maximum Gasteiger partial charge on any atom is 0.321 e. The summed E-state index contributed by atoms with van der Waals surface area (Å²) in [7, 11) is 0. The van der Waals surface area contributed by atoms with Crippen molar-refractivity contribution in [3.63, 3.8) is 0 Å². The zero-order valence-corrected chi connectivity index (χ0v) is 22.0. The molecule has 5 rings (SSSR count). The van der Waals surface area contributed by atoms with Crippen molar-refractivity contribution in [2.45, 2.75) is 50.6 Å². The van der Waals surface area contributed by atoms with Gasteiger partial charge in [0.25, 0.3) is 0 Å². The molecule has 2 N–H and O–H groups in total. The highest BCUT2D eigenvalue weighted by atomic mass is 32.1. The second-order valence-electron chi connectivity index (χ2n) is 9.89. The molecule has 3 amide bonds. The number of piperazine rings is 1. The number of nitrogens with zero attached hydrogens (tertiary/aromatic N) is 3. The molecule has 2 aliphatic rings. The van der Waals surface area contributed by atoms with Gasteiger partial charge in [0.2, 0.25) is 5.91 Å². The molecular weight excluding hydrogens is 482 g/mol. The molecule has 2 heterocycles. The van der Waals surface area contributed by atoms with E-state index in [1.807, 2.05) is 22.4 Å². The number of nitrogens with one attached hydrogen (secondary N) is 2. The third kappa shape index (κ3) is 6.76. The molecule has 7 nitrogen and oxygen atoms in total. The molecule has 0 atom stereocenters. The summed E-state index contributed by atoms with van der Waals surface area (Å²) in [5.74, 6) is 0.0825. The van der Waals surface area contributed by atoms with Crippen molar-refractivity contribution < 1.29 is 9.59 Å². The van der Waals surface area contributed by atoms with E-state index >= 15 is 0 Å². The maximum atomic E-state index is 13.1. The standard InChI is InChI=1S/C29H35N5O2S/c35-26(20-25-21-37-29(31-25)32-28(36)30-24-14-8-3-9-15-24)33-16-18-34(19-17-33)27(22-10-4-1-5-11-22)23-12-6-2-7-13-23/h1-2,4-7,10-13,21,24,27H,3,8-9,14-20H2,(H2,30,31,32,36). The van der Waals surface area contributed by atoms with Crippen LogP contribution >= 0.6 is 11.3 Å². The Morgan fingerprint density at radius 2 is 1.51 bits per heavy atom. The number of hydrogen-bond donors (Lipinski definition) is 2. The van der Waals surface area contributed by atoms with Gasteiger partial charge in [0, 0.05) is 37.6 Å². The fourth-order valence-electron chi connectivity index (χ4n) is 5.39. The first kappa shape index (κ1) is 25.4. The number of aromatic nitrogens is 1. The van der Waals surface area contributed by atoms with Gasteiger partial charge in [-0.05, 0) is 24.0 Å². The van der Waals surface area contributed by atoms with Gasteiger partial charge in [-0.2, -0.15) is 0 Å². The molecule has 1 aliphatic heterocycles. The van der Waals surface area contributed by atoms with E-state index in [9.17, 15) is 9.59 Å². The van der Waals surface area contributed by atoms with E-state index in [1.54, 1.807) is 0 Å². The zero-order valence-electron chi connectivity index (χ0n) is 21.1. The molecule has 1 saturated heterocycles. The number of rotatable bonds is 7. The third-order valence-electron chi connectivity index (χ3n) is 7.31. The van der Waals surface area contributed by atoms with Crippen LogP contribution in [0.25, 0.3) is 0 Å². The van der Waals surface area contributed by atoms with Gasteiger partial charge in [0.05, 0.1) is 18.2 Å². The second-order valence-corrected chi connectivity index (χ2v) is 10.8. The summed E-state index contributed by atoms with van der Waals surface area (Å²) in [4.78, 5) is 34.3. The van der Waals surface area contributed by atoms with Gasteiger partial charge in [-0.3, -0.25) is 15.0 Å². The Bertz CT molecular complexity index is 1120. The quantitative estimate of drug-likeness (QED) is 0.459. The highest BCUT2D eigenvalue weighted by Crippen LogP contribution is 2.29. The number of urea groups is 1. The molecule has 2 aromatic carbocycles. The van der Waals surface area contributed by atoms with Crippen LogP contribution in [0.3, 0.4) is 0 Å². The van der Waals surface area contributed by atoms with Gasteiger partial charge in [-0.25, -0.2) is 9.78 Å². The Morgan fingerprint density at radius 3 is 2.14 bits per heavy atom. The number of carbonyl (C=O) groups excluding carboxylic acids is 2. The predicted octanol–water partition coefficient (Wildman–Crippen LogP) is 5.07. The summed E-state index contributed by atoms with van der Waals surface area (Å²) in [5, 5.41) is 8.28. The summed E-state index contributed by atoms with van der Waals surface area (Å²) >= 11 is 1.37. The van der Waals surface area contributed by atoms with Crippen molar-refractivity contribution in [1.29, 1.82) is 0 Å². The summed E-state index contributed by atoms with van der Waals surface area (Å²) < 4.78 is 0. The summed E-state index contributed by atoms with van der Waals surface area (Å²) in [5.41, 5.74) is 3.24. The highest BCUT2D eigenvalue weighted by Gasteiger charge is 2.28. The van der Waals surface area contributed by atoms with Crippen LogP contribution in [0.2, 0.25) is 0 Å². The minimum Gasteiger partial charge on any atom is -0.340 e. The van der Waals surface area contributed by atoms with E-state index in [1.165, 1.54) is 41.7 Å². The van der Waals surface area contributed by atoms with Crippen LogP contribution in [-0.2, 0) is 11.2 Å². The summed E-state index contributed by atoms with van der Waals surface area (Å²) in [6.45, 7) is 3.00. The smallest absolute Gasteiger partial charge is 0.321 e. The Morgan fingerprint density at radius 1 is 0.892 bits per heavy atom. The molecule has 0 bridgehead atoms. The first-order chi connectivity index (χ1) is 18.2. The van der Waals surface area contributed by atoms with Crippen molar-refractivity contribution >= 4 is 28.4 Å². The van der Waals surface area contributed by atoms with Gasteiger partial charge in [0.1, 0.15) is 0 Å². The monoisotopic (exact) mass is 517 g/mol. The maximum absolute atomic E-state index is 13.1. The topological polar surface area (TPSA) is 77.6 Å². The van der Waals surface area contributed by atoms with Gasteiger partial charge in [0.15, 0.2) is 5.13 Å². The lowest BCUT2D eigenvalue weighted by Crippen LogP contribution is -2.50. The van der Waals surface area contributed by atoms with E-state index in [4.69, 9.17) is 0 Å². The van der Waals surface area contributed by atoms with E-state index < -0.39 is 0 Å². The van der Waals surface area contributed by atoms with E-state index in [2.05, 4.69) is 69.0 Å². The predicted molar refractivity (Wildman–Crippen MR) is 148 cm³/mol. The molecule has 1 saturated carbocycles. The number of thiazole rings is 1. The average Bonchev–Trinajstić information content (AvgIpc) is 3.37. The first-order valence-electron chi connectivity index (χ1n) is 13.3. The lowest BCUT2D eigenvalue weighted by Gasteiger charge is -2.39. The number of benzene rings is 2. The third-order valence-corrected chi connectivity index (χ3v) is 8.11. The minimum absolute atomic E-state index is 0.0825. The van der Waals surface area contributed by atoms with Gasteiger partial charge in [-0.15, -0.1) is 11.3 Å². The van der Waals surface area contributed by atoms with Crippen LogP contribution < -0.4 is 10.6 Å². The molecule has 2 fully saturated rings. The van der Waals surface area contributed by atoms with E-state index in [0.29, 0.717) is 23.9 Å². The van der Waals surface area contributed by atoms with Crippen LogP contribution in [0, 0.1) is 0 Å². The molecule has 0 unspecified atom stereocenters. The van der Waals surface area contributed by atoms with Crippen LogP contribution in [0.5, 0.6) is 0 Å². The van der Waals surface area contributed by atoms with Crippen molar-refractivity contribution in [3.8, 4) is 0 Å². The average molecular weight is 518 g/mol. The summed E-state index contributed by atoms with van der Waals surface area (Å²) in [6, 6.07) is 21.4. The Labute approximate surface area is 222 Å². The number of carbonyl (C=O) groups is 2. The fourth-order valence-corrected chi connectivity index (χ4v) is 6.10. The Hall–Kier alpha value is -3.23. The van der Waals surface area contributed by atoms with Gasteiger partial charge >= 0.3 is 6.03 Å². The van der Waals surface area contributed by atoms with Gasteiger partial charge < -0.3 is 10.2 Å². The number of anilines is 1. The van der Waals surface area contributed by atoms with Crippen LogP contribution in [-0.4, -0.2) is 58.9 Å². The molecule has 3 aromatic rings. The van der Waals surface area contributed by atoms with Crippen molar-refractivity contribution in [2.75, 3.05) is 31.5 Å². The lowest BCUT2D eigenvalue weighted by molar-refractivity contribution is -0.132. The second kappa shape index (κ2) is 12.3. The SMILES string of the molecule is O=C(Nc1nc(CC(=O)N2CCN(C(c3ccccc3)c3ccccc3)CC2)cs1)NC1CCCCC1. The zero-order chi connectivity index (χ0) is 25.5. The van der Waals surface area contributed by atoms with E-state index in [0.717, 1.165) is 25.9 Å². The Kier molecular flexibility index (Phi) is 8.48. The van der Waals surface area contributed by atoms with Crippen LogP contribution in [0.15, 0.2) is 66.0 Å². The fraction of sp³-hybridized carbons (Fsp3) is 0.414. The molecular formula is C29H35N5O2S. The molecule has 8 heteroatoms. The Balaban J connectivity index is 1.14. The summed E-state index contributed by atoms with van der Waals surface area (Å²) in [6.07, 6.45) is 5.91. The van der Waals surface area contributed by atoms with Crippen molar-refractivity contribution in [2.24, 2.45) is 0 Å². The van der Waals surface area contributed by atoms with Gasteiger partial charge in [-0.1, -0.05) is 79.9 Å². The van der Waals surface area contributed by atoms with Crippen molar-refractivity contribution in [1.82, 2.24) is 20.1 Å². The van der Waals surface area contributed by atoms with Crippen LogP contribution in [0.1, 0.15) is 55.0 Å². The largest absolute Gasteiger partial charge is 0.340 e. The molecule has 194 valence electrons. The molecule has 0 spiro atoms. The normalized spacial score (nSPS) is 17.1. The molecule has 1 aliphatic carbocycles. The number of hydrogen-bond acceptors (Lipinski definition) is 5. The first-order valence-corrected chi connectivity index (χ1v) is 14.2. The molecule has 0 radical (unpaired) electrons. The minimum atomic E-state index is -0.207. The molecule has 1 aromatic heterocycles. The van der Waals surface area contributed by atoms with E-state index in [-0.39, 0.29) is 30.4 Å². The number of amides is 3. The highest BCUT2D eigenvalue weighted by molar-refractivity contribution is 7.13. The van der Waals surface area contributed by atoms with Crippen molar-refractivity contribution in [3.05, 3.63) is 82.9 Å².